The summed E-state index contributed by atoms with van der Waals surface area (Å²) in [5.41, 5.74) is 6.06. The number of aryl methyl sites for hydroxylation is 3. The van der Waals surface area contributed by atoms with Gasteiger partial charge in [0.2, 0.25) is 0 Å². The molecule has 1 aliphatic rings. The Morgan fingerprint density at radius 1 is 1.06 bits per heavy atom. The molecule has 3 aromatic heterocycles. The van der Waals surface area contributed by atoms with Crippen molar-refractivity contribution < 1.29 is 9.13 Å². The smallest absolute Gasteiger partial charge is 0.158 e. The molecule has 2 N–H and O–H groups in total. The molecule has 0 radical (unpaired) electrons. The van der Waals surface area contributed by atoms with Crippen LogP contribution in [0, 0.1) is 26.6 Å². The molecule has 1 saturated heterocycles. The third-order valence-corrected chi connectivity index (χ3v) is 5.98. The van der Waals surface area contributed by atoms with Crippen LogP contribution in [0.15, 0.2) is 30.3 Å². The number of nitrogens with zero attached hydrogens (tertiary/aromatic N) is 5. The van der Waals surface area contributed by atoms with E-state index in [0.29, 0.717) is 23.6 Å². The molecule has 0 spiro atoms. The molecule has 0 bridgehead atoms. The van der Waals surface area contributed by atoms with Gasteiger partial charge in [-0.25, -0.2) is 13.9 Å². The molecule has 1 aliphatic heterocycles. The second-order valence-corrected chi connectivity index (χ2v) is 8.66. The number of morpholine rings is 1. The van der Waals surface area contributed by atoms with Gasteiger partial charge in [-0.05, 0) is 44.0 Å². The van der Waals surface area contributed by atoms with Gasteiger partial charge in [0.15, 0.2) is 17.3 Å². The molecule has 0 aliphatic carbocycles. The van der Waals surface area contributed by atoms with E-state index in [4.69, 9.17) is 14.8 Å². The van der Waals surface area contributed by atoms with Gasteiger partial charge in [-0.3, -0.25) is 10.00 Å². The van der Waals surface area contributed by atoms with Crippen LogP contribution in [0.5, 0.6) is 0 Å². The first kappa shape index (κ1) is 21.5. The molecule has 0 saturated carbocycles. The van der Waals surface area contributed by atoms with Gasteiger partial charge in [0.25, 0.3) is 0 Å². The Morgan fingerprint density at radius 2 is 1.88 bits per heavy atom. The van der Waals surface area contributed by atoms with E-state index in [0.717, 1.165) is 66.7 Å². The summed E-state index contributed by atoms with van der Waals surface area (Å²) >= 11 is 0. The van der Waals surface area contributed by atoms with E-state index in [1.807, 2.05) is 49.6 Å². The monoisotopic (exact) mass is 449 g/mol. The lowest BCUT2D eigenvalue weighted by molar-refractivity contribution is 0.0343. The number of hydrogen-bond acceptors (Lipinski definition) is 6. The number of rotatable bonds is 6. The zero-order chi connectivity index (χ0) is 22.9. The lowest BCUT2D eigenvalue weighted by atomic mass is 10.1. The third kappa shape index (κ3) is 4.60. The topological polar surface area (TPSA) is 83.4 Å². The number of benzene rings is 1. The standard InChI is InChI=1S/C24H28FN7O/c1-15-4-5-18(20(25)10-15)12-21-17(3)26-24-19(14-31-6-8-33-9-7-31)13-23(30-32(21)24)27-22-11-16(2)28-29-22/h4-5,10-11,13H,6-9,12,14H2,1-3H3,(H2,27,28,29,30). The van der Waals surface area contributed by atoms with Gasteiger partial charge in [-0.2, -0.15) is 5.10 Å². The highest BCUT2D eigenvalue weighted by Gasteiger charge is 2.20. The molecule has 0 atom stereocenters. The average molecular weight is 450 g/mol. The van der Waals surface area contributed by atoms with Crippen molar-refractivity contribution in [2.45, 2.75) is 33.7 Å². The lowest BCUT2D eigenvalue weighted by Crippen LogP contribution is -2.35. The van der Waals surface area contributed by atoms with Crippen molar-refractivity contribution in [2.24, 2.45) is 0 Å². The summed E-state index contributed by atoms with van der Waals surface area (Å²) in [5.74, 6) is 1.15. The average Bonchev–Trinajstić information content (AvgIpc) is 3.33. The fraction of sp³-hybridized carbons (Fsp3) is 0.375. The minimum Gasteiger partial charge on any atom is -0.379 e. The summed E-state index contributed by atoms with van der Waals surface area (Å²) < 4.78 is 22.0. The molecule has 1 aromatic carbocycles. The van der Waals surface area contributed by atoms with Gasteiger partial charge in [-0.15, -0.1) is 5.10 Å². The molecular formula is C24H28FN7O. The Kier molecular flexibility index (Phi) is 5.82. The van der Waals surface area contributed by atoms with Crippen molar-refractivity contribution in [2.75, 3.05) is 31.6 Å². The summed E-state index contributed by atoms with van der Waals surface area (Å²) in [6.07, 6.45) is 0.411. The van der Waals surface area contributed by atoms with Crippen molar-refractivity contribution in [3.05, 3.63) is 69.9 Å². The Labute approximate surface area is 191 Å². The van der Waals surface area contributed by atoms with Gasteiger partial charge in [-0.1, -0.05) is 12.1 Å². The zero-order valence-corrected chi connectivity index (χ0v) is 19.2. The number of H-pyrrole nitrogens is 1. The molecule has 0 amide bonds. The molecule has 5 rings (SSSR count). The lowest BCUT2D eigenvalue weighted by Gasteiger charge is -2.26. The summed E-state index contributed by atoms with van der Waals surface area (Å²) in [4.78, 5) is 7.20. The number of ether oxygens (including phenoxy) is 1. The van der Waals surface area contributed by atoms with Gasteiger partial charge in [0, 0.05) is 43.4 Å². The van der Waals surface area contributed by atoms with Crippen molar-refractivity contribution in [3.63, 3.8) is 0 Å². The Hall–Kier alpha value is -3.30. The van der Waals surface area contributed by atoms with E-state index >= 15 is 0 Å². The van der Waals surface area contributed by atoms with Crippen molar-refractivity contribution >= 4 is 17.3 Å². The highest BCUT2D eigenvalue weighted by molar-refractivity contribution is 5.59. The number of aromatic nitrogens is 5. The van der Waals surface area contributed by atoms with Crippen LogP contribution in [0.3, 0.4) is 0 Å². The molecule has 4 heterocycles. The van der Waals surface area contributed by atoms with Crippen LogP contribution < -0.4 is 5.32 Å². The molecule has 0 unspecified atom stereocenters. The van der Waals surface area contributed by atoms with E-state index in [-0.39, 0.29) is 5.82 Å². The molecule has 172 valence electrons. The van der Waals surface area contributed by atoms with Crippen LogP contribution >= 0.6 is 0 Å². The Bertz CT molecular complexity index is 1290. The molecule has 8 nitrogen and oxygen atoms in total. The largest absolute Gasteiger partial charge is 0.379 e. The van der Waals surface area contributed by atoms with Crippen LogP contribution in [0.4, 0.5) is 16.0 Å². The summed E-state index contributed by atoms with van der Waals surface area (Å²) in [6, 6.07) is 9.29. The SMILES string of the molecule is Cc1ccc(Cc2c(C)nc3c(CN4CCOCC4)cc(Nc4cc(C)[nH]n4)nn23)c(F)c1. The predicted octanol–water partition coefficient (Wildman–Crippen LogP) is 3.68. The number of hydrogen-bond donors (Lipinski definition) is 2. The highest BCUT2D eigenvalue weighted by Crippen LogP contribution is 2.24. The Morgan fingerprint density at radius 3 is 2.61 bits per heavy atom. The maximum Gasteiger partial charge on any atom is 0.158 e. The van der Waals surface area contributed by atoms with E-state index in [1.165, 1.54) is 0 Å². The van der Waals surface area contributed by atoms with Gasteiger partial charge in [0.1, 0.15) is 5.82 Å². The fourth-order valence-corrected chi connectivity index (χ4v) is 4.20. The Balaban J connectivity index is 1.57. The number of aromatic amines is 1. The fourth-order valence-electron chi connectivity index (χ4n) is 4.20. The molecule has 1 fully saturated rings. The predicted molar refractivity (Wildman–Crippen MR) is 124 cm³/mol. The van der Waals surface area contributed by atoms with Crippen LogP contribution in [0.1, 0.15) is 33.8 Å². The number of imidazole rings is 1. The number of anilines is 2. The first-order chi connectivity index (χ1) is 16.0. The first-order valence-corrected chi connectivity index (χ1v) is 11.2. The van der Waals surface area contributed by atoms with E-state index in [2.05, 4.69) is 20.4 Å². The van der Waals surface area contributed by atoms with Crippen LogP contribution in [0.25, 0.3) is 5.65 Å². The first-order valence-electron chi connectivity index (χ1n) is 11.2. The van der Waals surface area contributed by atoms with E-state index < -0.39 is 0 Å². The maximum absolute atomic E-state index is 14.6. The van der Waals surface area contributed by atoms with Crippen molar-refractivity contribution in [3.8, 4) is 0 Å². The van der Waals surface area contributed by atoms with Crippen LogP contribution in [-0.4, -0.2) is 56.0 Å². The third-order valence-electron chi connectivity index (χ3n) is 5.98. The number of nitrogens with one attached hydrogen (secondary N) is 2. The minimum absolute atomic E-state index is 0.209. The second kappa shape index (κ2) is 8.92. The van der Waals surface area contributed by atoms with Crippen LogP contribution in [0.2, 0.25) is 0 Å². The van der Waals surface area contributed by atoms with Crippen LogP contribution in [-0.2, 0) is 17.7 Å². The van der Waals surface area contributed by atoms with Gasteiger partial charge < -0.3 is 10.1 Å². The number of fused-ring (bicyclic) bond motifs is 1. The quantitative estimate of drug-likeness (QED) is 0.467. The summed E-state index contributed by atoms with van der Waals surface area (Å²) in [7, 11) is 0. The van der Waals surface area contributed by atoms with Gasteiger partial charge >= 0.3 is 0 Å². The molecule has 33 heavy (non-hydrogen) atoms. The van der Waals surface area contributed by atoms with Gasteiger partial charge in [0.05, 0.1) is 24.6 Å². The van der Waals surface area contributed by atoms with Crippen molar-refractivity contribution in [1.82, 2.24) is 29.7 Å². The summed E-state index contributed by atoms with van der Waals surface area (Å²) in [5, 5.41) is 15.3. The minimum atomic E-state index is -0.209. The highest BCUT2D eigenvalue weighted by atomic mass is 19.1. The molecule has 9 heteroatoms. The normalized spacial score (nSPS) is 14.8. The van der Waals surface area contributed by atoms with E-state index in [1.54, 1.807) is 6.07 Å². The van der Waals surface area contributed by atoms with Crippen molar-refractivity contribution in [1.29, 1.82) is 0 Å². The zero-order valence-electron chi connectivity index (χ0n) is 19.2. The molecular weight excluding hydrogens is 421 g/mol. The maximum atomic E-state index is 14.6. The molecule has 4 aromatic rings. The summed E-state index contributed by atoms with van der Waals surface area (Å²) in [6.45, 7) is 9.73. The van der Waals surface area contributed by atoms with E-state index in [9.17, 15) is 4.39 Å². The number of halogens is 1. The second-order valence-electron chi connectivity index (χ2n) is 8.66.